The quantitative estimate of drug-likeness (QED) is 0.351. The van der Waals surface area contributed by atoms with Gasteiger partial charge in [0.1, 0.15) is 11.5 Å². The van der Waals surface area contributed by atoms with Crippen LogP contribution in [0.15, 0.2) is 18.2 Å². The Hall–Kier alpha value is -1.34. The van der Waals surface area contributed by atoms with Crippen molar-refractivity contribution in [2.75, 3.05) is 26.4 Å². The van der Waals surface area contributed by atoms with Gasteiger partial charge in [-0.25, -0.2) is 0 Å². The highest BCUT2D eigenvalue weighted by Crippen LogP contribution is 2.30. The van der Waals surface area contributed by atoms with Gasteiger partial charge in [-0.15, -0.1) is 0 Å². The molecule has 206 valence electrons. The highest BCUT2D eigenvalue weighted by atomic mass is 16.5. The van der Waals surface area contributed by atoms with Crippen molar-refractivity contribution in [2.45, 2.75) is 129 Å². The van der Waals surface area contributed by atoms with Crippen LogP contribution in [0.3, 0.4) is 0 Å². The summed E-state index contributed by atoms with van der Waals surface area (Å²) in [6, 6.07) is 6.61. The molecule has 2 heterocycles. The van der Waals surface area contributed by atoms with Crippen LogP contribution in [0.5, 0.6) is 11.5 Å². The monoisotopic (exact) mass is 504 g/mol. The number of rotatable bonds is 12. The lowest BCUT2D eigenvalue weighted by molar-refractivity contribution is -0.0247. The van der Waals surface area contributed by atoms with Crippen LogP contribution in [-0.2, 0) is 9.47 Å². The molecular weight excluding hydrogens is 452 g/mol. The predicted octanol–water partition coefficient (Wildman–Crippen LogP) is 5.79. The molecule has 0 radical (unpaired) electrons. The van der Waals surface area contributed by atoms with Crippen molar-refractivity contribution < 1.29 is 18.9 Å². The Morgan fingerprint density at radius 3 is 1.75 bits per heavy atom. The van der Waals surface area contributed by atoms with Crippen molar-refractivity contribution in [1.82, 2.24) is 10.6 Å². The molecule has 2 unspecified atom stereocenters. The molecule has 3 rings (SSSR count). The maximum atomic E-state index is 6.22. The van der Waals surface area contributed by atoms with Crippen molar-refractivity contribution >= 4 is 0 Å². The van der Waals surface area contributed by atoms with Gasteiger partial charge in [0.05, 0.1) is 38.6 Å². The van der Waals surface area contributed by atoms with E-state index >= 15 is 0 Å². The van der Waals surface area contributed by atoms with Crippen LogP contribution < -0.4 is 20.1 Å². The number of piperidine rings is 2. The average Bonchev–Trinajstić information content (AvgIpc) is 2.69. The SMILES string of the molecule is Cc1cc(OCCCOC2CC(C)NC(C)(C)C2)cc(OCCCOC2CC(C)(C)NC(C)(C)C2)c1. The Bertz CT molecular complexity index is 807. The summed E-state index contributed by atoms with van der Waals surface area (Å²) < 4.78 is 24.4. The zero-order valence-corrected chi connectivity index (χ0v) is 24.2. The van der Waals surface area contributed by atoms with Gasteiger partial charge in [0.25, 0.3) is 0 Å². The van der Waals surface area contributed by atoms with Gasteiger partial charge < -0.3 is 29.6 Å². The molecule has 36 heavy (non-hydrogen) atoms. The van der Waals surface area contributed by atoms with E-state index in [0.29, 0.717) is 31.5 Å². The Morgan fingerprint density at radius 2 is 1.22 bits per heavy atom. The molecule has 0 aromatic heterocycles. The summed E-state index contributed by atoms with van der Waals surface area (Å²) in [6.45, 7) is 20.6. The minimum absolute atomic E-state index is 0.107. The zero-order valence-electron chi connectivity index (χ0n) is 24.2. The van der Waals surface area contributed by atoms with E-state index in [1.807, 2.05) is 6.07 Å². The largest absolute Gasteiger partial charge is 0.493 e. The van der Waals surface area contributed by atoms with E-state index in [1.165, 1.54) is 0 Å². The number of ether oxygens (including phenoxy) is 4. The number of benzene rings is 1. The van der Waals surface area contributed by atoms with Crippen molar-refractivity contribution in [3.8, 4) is 11.5 Å². The maximum absolute atomic E-state index is 6.22. The molecule has 2 aliphatic heterocycles. The third kappa shape index (κ3) is 10.2. The summed E-state index contributed by atoms with van der Waals surface area (Å²) in [5.41, 5.74) is 1.50. The summed E-state index contributed by atoms with van der Waals surface area (Å²) in [7, 11) is 0. The van der Waals surface area contributed by atoms with Gasteiger partial charge in [-0.3, -0.25) is 0 Å². The smallest absolute Gasteiger partial charge is 0.123 e. The van der Waals surface area contributed by atoms with Gasteiger partial charge >= 0.3 is 0 Å². The van der Waals surface area contributed by atoms with Crippen LogP contribution in [-0.4, -0.2) is 61.3 Å². The molecule has 2 saturated heterocycles. The van der Waals surface area contributed by atoms with Crippen LogP contribution in [0, 0.1) is 6.92 Å². The van der Waals surface area contributed by atoms with Gasteiger partial charge in [-0.2, -0.15) is 0 Å². The number of hydrogen-bond donors (Lipinski definition) is 2. The van der Waals surface area contributed by atoms with Crippen LogP contribution in [0.25, 0.3) is 0 Å². The molecule has 0 aliphatic carbocycles. The Labute approximate surface area is 220 Å². The molecule has 0 bridgehead atoms. The van der Waals surface area contributed by atoms with Gasteiger partial charge in [-0.1, -0.05) is 0 Å². The molecule has 2 fully saturated rings. The van der Waals surface area contributed by atoms with E-state index in [4.69, 9.17) is 18.9 Å². The molecule has 0 spiro atoms. The Morgan fingerprint density at radius 1 is 0.722 bits per heavy atom. The lowest BCUT2D eigenvalue weighted by Gasteiger charge is -2.46. The molecule has 6 nitrogen and oxygen atoms in total. The van der Waals surface area contributed by atoms with Crippen molar-refractivity contribution in [3.63, 3.8) is 0 Å². The second-order valence-corrected chi connectivity index (χ2v) is 13.0. The summed E-state index contributed by atoms with van der Waals surface area (Å²) in [5, 5.41) is 7.35. The molecule has 2 atom stereocenters. The number of aryl methyl sites for hydroxylation is 1. The lowest BCUT2D eigenvalue weighted by Crippen LogP contribution is -2.59. The molecule has 2 N–H and O–H groups in total. The molecule has 0 amide bonds. The van der Waals surface area contributed by atoms with E-state index in [0.717, 1.165) is 68.8 Å². The minimum atomic E-state index is 0.107. The Balaban J connectivity index is 1.32. The molecule has 1 aromatic rings. The Kier molecular flexibility index (Phi) is 10.1. The van der Waals surface area contributed by atoms with E-state index < -0.39 is 0 Å². The standard InChI is InChI=1S/C30H52N2O4/c1-22-15-24(33-11-9-13-35-26-17-23(2)31-28(3,4)19-26)18-25(16-22)34-12-10-14-36-27-20-29(5,6)32-30(7,8)21-27/h15-16,18,23,26-27,31-32H,9-14,17,19-21H2,1-8H3. The minimum Gasteiger partial charge on any atom is -0.493 e. The average molecular weight is 505 g/mol. The lowest BCUT2D eigenvalue weighted by atomic mass is 9.81. The normalized spacial score (nSPS) is 25.4. The summed E-state index contributed by atoms with van der Waals surface area (Å²) in [6.07, 6.45) is 6.57. The van der Waals surface area contributed by atoms with E-state index in [-0.39, 0.29) is 16.6 Å². The van der Waals surface area contributed by atoms with Crippen molar-refractivity contribution in [2.24, 2.45) is 0 Å². The highest BCUT2D eigenvalue weighted by Gasteiger charge is 2.38. The zero-order chi connectivity index (χ0) is 26.4. The van der Waals surface area contributed by atoms with Crippen LogP contribution in [0.2, 0.25) is 0 Å². The summed E-state index contributed by atoms with van der Waals surface area (Å²) in [5.74, 6) is 1.72. The fourth-order valence-electron chi connectivity index (χ4n) is 6.18. The third-order valence-electron chi connectivity index (χ3n) is 6.99. The van der Waals surface area contributed by atoms with E-state index in [2.05, 4.69) is 78.2 Å². The molecule has 0 saturated carbocycles. The van der Waals surface area contributed by atoms with E-state index in [1.54, 1.807) is 0 Å². The van der Waals surface area contributed by atoms with Crippen LogP contribution >= 0.6 is 0 Å². The van der Waals surface area contributed by atoms with Crippen LogP contribution in [0.1, 0.15) is 92.6 Å². The molecule has 6 heteroatoms. The van der Waals surface area contributed by atoms with E-state index in [9.17, 15) is 0 Å². The summed E-state index contributed by atoms with van der Waals surface area (Å²) in [4.78, 5) is 0. The highest BCUT2D eigenvalue weighted by molar-refractivity contribution is 5.37. The molecule has 1 aromatic carbocycles. The van der Waals surface area contributed by atoms with Gasteiger partial charge in [0.2, 0.25) is 0 Å². The van der Waals surface area contributed by atoms with Gasteiger partial charge in [0.15, 0.2) is 0 Å². The second kappa shape index (κ2) is 12.5. The fraction of sp³-hybridized carbons (Fsp3) is 0.800. The van der Waals surface area contributed by atoms with Crippen molar-refractivity contribution in [1.29, 1.82) is 0 Å². The first-order valence-corrected chi connectivity index (χ1v) is 14.0. The summed E-state index contributed by atoms with van der Waals surface area (Å²) >= 11 is 0. The molecule has 2 aliphatic rings. The van der Waals surface area contributed by atoms with Gasteiger partial charge in [-0.05, 0) is 98.8 Å². The second-order valence-electron chi connectivity index (χ2n) is 13.0. The first-order chi connectivity index (χ1) is 16.8. The van der Waals surface area contributed by atoms with Crippen LogP contribution in [0.4, 0.5) is 0 Å². The topological polar surface area (TPSA) is 61.0 Å². The molecular formula is C30H52N2O4. The predicted molar refractivity (Wildman–Crippen MR) is 147 cm³/mol. The first-order valence-electron chi connectivity index (χ1n) is 14.0. The fourth-order valence-corrected chi connectivity index (χ4v) is 6.18. The van der Waals surface area contributed by atoms with Crippen molar-refractivity contribution in [3.05, 3.63) is 23.8 Å². The number of nitrogens with one attached hydrogen (secondary N) is 2. The first kappa shape index (κ1) is 29.2. The number of hydrogen-bond acceptors (Lipinski definition) is 6. The third-order valence-corrected chi connectivity index (χ3v) is 6.99. The maximum Gasteiger partial charge on any atom is 0.123 e. The van der Waals surface area contributed by atoms with Gasteiger partial charge in [0, 0.05) is 41.6 Å².